The van der Waals surface area contributed by atoms with Gasteiger partial charge in [-0.15, -0.1) is 11.3 Å². The molecule has 0 saturated heterocycles. The van der Waals surface area contributed by atoms with Crippen LogP contribution in [0.25, 0.3) is 11.6 Å². The summed E-state index contributed by atoms with van der Waals surface area (Å²) in [7, 11) is 1.50. The maximum Gasteiger partial charge on any atom is 0.268 e. The van der Waals surface area contributed by atoms with Crippen molar-refractivity contribution in [2.24, 2.45) is 7.05 Å². The summed E-state index contributed by atoms with van der Waals surface area (Å²) in [6.45, 7) is 0. The Morgan fingerprint density at radius 3 is 2.59 bits per heavy atom. The van der Waals surface area contributed by atoms with E-state index in [0.717, 1.165) is 29.0 Å². The zero-order valence-corrected chi connectivity index (χ0v) is 15.6. The van der Waals surface area contributed by atoms with Crippen molar-refractivity contribution in [1.82, 2.24) is 4.57 Å². The summed E-state index contributed by atoms with van der Waals surface area (Å²) in [5.74, 6) is -1.05. The van der Waals surface area contributed by atoms with Crippen molar-refractivity contribution in [3.8, 4) is 6.07 Å². The molecule has 27 heavy (non-hydrogen) atoms. The molecule has 0 radical (unpaired) electrons. The Labute approximate surface area is 162 Å². The van der Waals surface area contributed by atoms with Crippen molar-refractivity contribution in [2.45, 2.75) is 0 Å². The molecule has 3 rings (SSSR count). The fraction of sp³-hybridized carbons (Fsp3) is 0.0500. The van der Waals surface area contributed by atoms with Crippen molar-refractivity contribution < 1.29 is 9.18 Å². The van der Waals surface area contributed by atoms with Crippen LogP contribution in [0.15, 0.2) is 53.3 Å². The van der Waals surface area contributed by atoms with E-state index in [-0.39, 0.29) is 21.4 Å². The van der Waals surface area contributed by atoms with E-state index in [1.165, 1.54) is 23.7 Å². The van der Waals surface area contributed by atoms with Gasteiger partial charge in [0.25, 0.3) is 5.56 Å². The van der Waals surface area contributed by atoms with Gasteiger partial charge in [-0.05, 0) is 48.0 Å². The summed E-state index contributed by atoms with van der Waals surface area (Å²) < 4.78 is 14.9. The molecule has 0 amide bonds. The zero-order valence-electron chi connectivity index (χ0n) is 14.1. The maximum absolute atomic E-state index is 13.1. The predicted molar refractivity (Wildman–Crippen MR) is 104 cm³/mol. The number of nitrogens with zero attached hydrogens (tertiary/aromatic N) is 2. The van der Waals surface area contributed by atoms with Gasteiger partial charge in [-0.3, -0.25) is 9.59 Å². The third-order valence-electron chi connectivity index (χ3n) is 3.83. The first-order chi connectivity index (χ1) is 12.9. The molecule has 7 heteroatoms. The molecule has 0 saturated carbocycles. The quantitative estimate of drug-likeness (QED) is 0.637. The van der Waals surface area contributed by atoms with E-state index < -0.39 is 11.6 Å². The van der Waals surface area contributed by atoms with E-state index >= 15 is 0 Å². The highest BCUT2D eigenvalue weighted by Crippen LogP contribution is 2.11. The molecule has 0 aliphatic rings. The lowest BCUT2D eigenvalue weighted by Crippen LogP contribution is -2.30. The molecule has 4 nitrogen and oxygen atoms in total. The number of hydrogen-bond donors (Lipinski definition) is 0. The van der Waals surface area contributed by atoms with Crippen LogP contribution in [0.4, 0.5) is 4.39 Å². The van der Waals surface area contributed by atoms with E-state index in [1.807, 2.05) is 6.07 Å². The Kier molecular flexibility index (Phi) is 5.36. The summed E-state index contributed by atoms with van der Waals surface area (Å²) in [5.41, 5.74) is 0.414. The average molecular weight is 399 g/mol. The molecule has 0 atom stereocenters. The van der Waals surface area contributed by atoms with Crippen LogP contribution in [0.1, 0.15) is 15.9 Å². The first-order valence-electron chi connectivity index (χ1n) is 7.78. The van der Waals surface area contributed by atoms with Crippen LogP contribution in [-0.2, 0) is 7.05 Å². The maximum atomic E-state index is 13.1. The largest absolute Gasteiger partial charge is 0.301 e. The van der Waals surface area contributed by atoms with Gasteiger partial charge in [-0.25, -0.2) is 4.39 Å². The number of thiazole rings is 1. The lowest BCUT2D eigenvalue weighted by atomic mass is 10.1. The van der Waals surface area contributed by atoms with Crippen molar-refractivity contribution in [3.05, 3.63) is 90.0 Å². The van der Waals surface area contributed by atoms with Crippen LogP contribution in [0.2, 0.25) is 5.02 Å². The first-order valence-corrected chi connectivity index (χ1v) is 8.98. The SMILES string of the molecule is Cn1c(=O)/c(=C\c2cccc(Cl)c2)s/c1=C(/C#N)C(=O)c1ccc(F)cc1. The normalized spacial score (nSPS) is 12.6. The summed E-state index contributed by atoms with van der Waals surface area (Å²) in [4.78, 5) is 25.2. The van der Waals surface area contributed by atoms with Gasteiger partial charge in [0, 0.05) is 17.6 Å². The molecule has 1 heterocycles. The van der Waals surface area contributed by atoms with Crippen LogP contribution in [0.3, 0.4) is 0 Å². The Bertz CT molecular complexity index is 1250. The highest BCUT2D eigenvalue weighted by molar-refractivity contribution is 7.07. The van der Waals surface area contributed by atoms with Gasteiger partial charge >= 0.3 is 0 Å². The number of rotatable bonds is 3. The zero-order chi connectivity index (χ0) is 19.6. The molecular formula is C20H12ClFN2O2S. The third-order valence-corrected chi connectivity index (χ3v) is 5.25. The number of carbonyl (C=O) groups excluding carboxylic acids is 1. The number of carbonyl (C=O) groups is 1. The van der Waals surface area contributed by atoms with Gasteiger partial charge in [0.05, 0.1) is 4.53 Å². The van der Waals surface area contributed by atoms with Crippen molar-refractivity contribution >= 4 is 40.4 Å². The van der Waals surface area contributed by atoms with Gasteiger partial charge in [0.2, 0.25) is 5.78 Å². The molecule has 0 aliphatic heterocycles. The standard InChI is InChI=1S/C20H12ClFN2O2S/c1-24-19(26)17(10-12-3-2-4-14(21)9-12)27-20(24)16(11-23)18(25)13-5-7-15(22)8-6-13/h2-10H,1H3/b17-10+,20-16-. The Morgan fingerprint density at radius 1 is 1.26 bits per heavy atom. The number of halogens is 2. The third kappa shape index (κ3) is 3.90. The molecule has 2 aromatic carbocycles. The highest BCUT2D eigenvalue weighted by atomic mass is 35.5. The number of hydrogen-bond acceptors (Lipinski definition) is 4. The Hall–Kier alpha value is -3.01. The number of nitriles is 1. The molecule has 1 aromatic heterocycles. The van der Waals surface area contributed by atoms with Crippen LogP contribution < -0.4 is 14.8 Å². The fourth-order valence-corrected chi connectivity index (χ4v) is 3.76. The summed E-state index contributed by atoms with van der Waals surface area (Å²) >= 11 is 7.01. The van der Waals surface area contributed by atoms with Crippen LogP contribution in [-0.4, -0.2) is 10.4 Å². The topological polar surface area (TPSA) is 62.9 Å². The smallest absolute Gasteiger partial charge is 0.268 e. The molecule has 0 fully saturated rings. The van der Waals surface area contributed by atoms with Crippen LogP contribution >= 0.6 is 22.9 Å². The van der Waals surface area contributed by atoms with E-state index in [2.05, 4.69) is 0 Å². The molecule has 0 bridgehead atoms. The number of aromatic nitrogens is 1. The Balaban J connectivity index is 2.21. The minimum atomic E-state index is -0.566. The van der Waals surface area contributed by atoms with Gasteiger partial charge in [0.15, 0.2) is 0 Å². The lowest BCUT2D eigenvalue weighted by molar-refractivity contribution is 0.105. The monoisotopic (exact) mass is 398 g/mol. The molecule has 0 N–H and O–H groups in total. The molecule has 3 aromatic rings. The summed E-state index contributed by atoms with van der Waals surface area (Å²) in [6.07, 6.45) is 1.65. The summed E-state index contributed by atoms with van der Waals surface area (Å²) in [5, 5.41) is 10.0. The van der Waals surface area contributed by atoms with Gasteiger partial charge < -0.3 is 4.57 Å². The van der Waals surface area contributed by atoms with Crippen molar-refractivity contribution in [3.63, 3.8) is 0 Å². The minimum Gasteiger partial charge on any atom is -0.301 e. The van der Waals surface area contributed by atoms with E-state index in [9.17, 15) is 19.2 Å². The molecule has 0 aliphatic carbocycles. The average Bonchev–Trinajstić information content (AvgIpc) is 2.91. The number of Topliss-reactive ketones (excluding diaryl/α,β-unsaturated/α-hetero) is 1. The van der Waals surface area contributed by atoms with Crippen molar-refractivity contribution in [1.29, 1.82) is 5.26 Å². The van der Waals surface area contributed by atoms with E-state index in [4.69, 9.17) is 11.6 Å². The summed E-state index contributed by atoms with van der Waals surface area (Å²) in [6, 6.07) is 13.8. The molecule has 134 valence electrons. The van der Waals surface area contributed by atoms with Crippen LogP contribution in [0, 0.1) is 17.1 Å². The van der Waals surface area contributed by atoms with E-state index in [1.54, 1.807) is 30.3 Å². The van der Waals surface area contributed by atoms with Gasteiger partial charge in [-0.2, -0.15) is 5.26 Å². The fourth-order valence-electron chi connectivity index (χ4n) is 2.47. The van der Waals surface area contributed by atoms with Crippen molar-refractivity contribution in [2.75, 3.05) is 0 Å². The Morgan fingerprint density at radius 2 is 1.96 bits per heavy atom. The number of benzene rings is 2. The predicted octanol–water partition coefficient (Wildman–Crippen LogP) is 2.63. The van der Waals surface area contributed by atoms with E-state index in [0.29, 0.717) is 9.55 Å². The lowest BCUT2D eigenvalue weighted by Gasteiger charge is -1.99. The second-order valence-electron chi connectivity index (χ2n) is 5.66. The highest BCUT2D eigenvalue weighted by Gasteiger charge is 2.16. The number of ketones is 1. The van der Waals surface area contributed by atoms with Gasteiger partial charge in [0.1, 0.15) is 22.1 Å². The van der Waals surface area contributed by atoms with Crippen LogP contribution in [0.5, 0.6) is 0 Å². The molecule has 0 spiro atoms. The first kappa shape index (κ1) is 18.8. The molecule has 0 unspecified atom stereocenters. The second kappa shape index (κ2) is 7.70. The minimum absolute atomic E-state index is 0.169. The molecular weight excluding hydrogens is 387 g/mol. The van der Waals surface area contributed by atoms with Gasteiger partial charge in [-0.1, -0.05) is 23.7 Å². The second-order valence-corrected chi connectivity index (χ2v) is 7.12.